The number of hydrogen-bond acceptors (Lipinski definition) is 2. The SMILES string of the molecule is CC1CCCN(C(=O)CCCCC(=O)O)C1. The van der Waals surface area contributed by atoms with Crippen LogP contribution in [0.2, 0.25) is 0 Å². The molecule has 0 radical (unpaired) electrons. The molecule has 1 atom stereocenters. The monoisotopic (exact) mass is 227 g/mol. The van der Waals surface area contributed by atoms with Gasteiger partial charge in [-0.2, -0.15) is 0 Å². The fourth-order valence-electron chi connectivity index (χ4n) is 2.13. The Morgan fingerprint density at radius 2 is 2.00 bits per heavy atom. The predicted molar refractivity (Wildman–Crippen MR) is 61.1 cm³/mol. The molecular formula is C12H21NO3. The Labute approximate surface area is 96.6 Å². The highest BCUT2D eigenvalue weighted by Crippen LogP contribution is 2.16. The first-order valence-corrected chi connectivity index (χ1v) is 6.09. The van der Waals surface area contributed by atoms with E-state index < -0.39 is 5.97 Å². The fraction of sp³-hybridized carbons (Fsp3) is 0.833. The Morgan fingerprint density at radius 3 is 2.62 bits per heavy atom. The number of amides is 1. The number of aliphatic carboxylic acids is 1. The van der Waals surface area contributed by atoms with Crippen LogP contribution in [0.3, 0.4) is 0 Å². The van der Waals surface area contributed by atoms with Gasteiger partial charge < -0.3 is 10.0 Å². The van der Waals surface area contributed by atoms with Gasteiger partial charge in [-0.05, 0) is 31.6 Å². The normalized spacial score (nSPS) is 20.8. The molecule has 1 N–H and O–H groups in total. The fourth-order valence-corrected chi connectivity index (χ4v) is 2.13. The number of carboxylic acids is 1. The van der Waals surface area contributed by atoms with Gasteiger partial charge in [-0.15, -0.1) is 0 Å². The molecule has 1 aliphatic rings. The third-order valence-electron chi connectivity index (χ3n) is 3.04. The van der Waals surface area contributed by atoms with Gasteiger partial charge in [0.05, 0.1) is 0 Å². The van der Waals surface area contributed by atoms with E-state index in [4.69, 9.17) is 5.11 Å². The van der Waals surface area contributed by atoms with Crippen molar-refractivity contribution in [2.75, 3.05) is 13.1 Å². The van der Waals surface area contributed by atoms with Gasteiger partial charge >= 0.3 is 5.97 Å². The molecule has 1 unspecified atom stereocenters. The number of rotatable bonds is 5. The molecule has 0 aromatic heterocycles. The molecule has 0 bridgehead atoms. The van der Waals surface area contributed by atoms with Crippen LogP contribution in [0.1, 0.15) is 45.4 Å². The minimum absolute atomic E-state index is 0.170. The molecule has 1 saturated heterocycles. The molecule has 1 aliphatic heterocycles. The van der Waals surface area contributed by atoms with Crippen molar-refractivity contribution in [3.63, 3.8) is 0 Å². The van der Waals surface area contributed by atoms with Crippen molar-refractivity contribution in [1.82, 2.24) is 4.90 Å². The standard InChI is InChI=1S/C12H21NO3/c1-10-5-4-8-13(9-10)11(14)6-2-3-7-12(15)16/h10H,2-9H2,1H3,(H,15,16). The molecule has 1 amide bonds. The first kappa shape index (κ1) is 13.0. The van der Waals surface area contributed by atoms with E-state index in [9.17, 15) is 9.59 Å². The first-order valence-electron chi connectivity index (χ1n) is 6.09. The van der Waals surface area contributed by atoms with Gasteiger partial charge in [-0.1, -0.05) is 6.92 Å². The van der Waals surface area contributed by atoms with Gasteiger partial charge in [0.25, 0.3) is 0 Å². The zero-order valence-electron chi connectivity index (χ0n) is 9.95. The second-order valence-corrected chi connectivity index (χ2v) is 4.69. The van der Waals surface area contributed by atoms with E-state index >= 15 is 0 Å². The van der Waals surface area contributed by atoms with Crippen molar-refractivity contribution < 1.29 is 14.7 Å². The summed E-state index contributed by atoms with van der Waals surface area (Å²) in [7, 11) is 0. The summed E-state index contributed by atoms with van der Waals surface area (Å²) < 4.78 is 0. The second-order valence-electron chi connectivity index (χ2n) is 4.69. The van der Waals surface area contributed by atoms with Crippen molar-refractivity contribution in [1.29, 1.82) is 0 Å². The molecular weight excluding hydrogens is 206 g/mol. The van der Waals surface area contributed by atoms with Crippen molar-refractivity contribution in [3.05, 3.63) is 0 Å². The Kier molecular flexibility index (Phi) is 5.29. The summed E-state index contributed by atoms with van der Waals surface area (Å²) in [5.74, 6) is 0.0210. The maximum absolute atomic E-state index is 11.8. The zero-order chi connectivity index (χ0) is 12.0. The number of carboxylic acid groups (broad SMARTS) is 1. The van der Waals surface area contributed by atoms with Crippen LogP contribution >= 0.6 is 0 Å². The maximum atomic E-state index is 11.8. The van der Waals surface area contributed by atoms with Crippen LogP contribution < -0.4 is 0 Å². The van der Waals surface area contributed by atoms with Crippen molar-refractivity contribution in [3.8, 4) is 0 Å². The zero-order valence-corrected chi connectivity index (χ0v) is 9.95. The van der Waals surface area contributed by atoms with Gasteiger partial charge in [0.15, 0.2) is 0 Å². The average Bonchev–Trinajstić information content (AvgIpc) is 2.24. The average molecular weight is 227 g/mol. The number of hydrogen-bond donors (Lipinski definition) is 1. The lowest BCUT2D eigenvalue weighted by Gasteiger charge is -2.31. The topological polar surface area (TPSA) is 57.6 Å². The summed E-state index contributed by atoms with van der Waals surface area (Å²) in [4.78, 5) is 24.0. The summed E-state index contributed by atoms with van der Waals surface area (Å²) in [5.41, 5.74) is 0. The molecule has 4 heteroatoms. The number of carbonyl (C=O) groups is 2. The molecule has 1 heterocycles. The van der Waals surface area contributed by atoms with Gasteiger partial charge in [-0.25, -0.2) is 0 Å². The summed E-state index contributed by atoms with van der Waals surface area (Å²) >= 11 is 0. The number of nitrogens with zero attached hydrogens (tertiary/aromatic N) is 1. The van der Waals surface area contributed by atoms with Crippen LogP contribution in [0.15, 0.2) is 0 Å². The molecule has 0 spiro atoms. The third kappa shape index (κ3) is 4.64. The largest absolute Gasteiger partial charge is 0.481 e. The van der Waals surface area contributed by atoms with Crippen LogP contribution in [0.4, 0.5) is 0 Å². The summed E-state index contributed by atoms with van der Waals surface area (Å²) in [6, 6.07) is 0. The van der Waals surface area contributed by atoms with Gasteiger partial charge in [0.2, 0.25) is 5.91 Å². The summed E-state index contributed by atoms with van der Waals surface area (Å²) in [5, 5.41) is 8.47. The molecule has 0 saturated carbocycles. The van der Waals surface area contributed by atoms with Gasteiger partial charge in [0.1, 0.15) is 0 Å². The third-order valence-corrected chi connectivity index (χ3v) is 3.04. The molecule has 0 aromatic rings. The summed E-state index contributed by atoms with van der Waals surface area (Å²) in [6.07, 6.45) is 4.27. The highest BCUT2D eigenvalue weighted by Gasteiger charge is 2.20. The van der Waals surface area contributed by atoms with Gasteiger partial charge in [-0.3, -0.25) is 9.59 Å². The van der Waals surface area contributed by atoms with Crippen molar-refractivity contribution in [2.24, 2.45) is 5.92 Å². The highest BCUT2D eigenvalue weighted by molar-refractivity contribution is 5.76. The lowest BCUT2D eigenvalue weighted by atomic mass is 10.00. The maximum Gasteiger partial charge on any atom is 0.303 e. The van der Waals surface area contributed by atoms with E-state index in [2.05, 4.69) is 6.92 Å². The molecule has 0 aromatic carbocycles. The van der Waals surface area contributed by atoms with E-state index in [0.29, 0.717) is 25.2 Å². The smallest absolute Gasteiger partial charge is 0.303 e. The van der Waals surface area contributed by atoms with Crippen LogP contribution in [0, 0.1) is 5.92 Å². The van der Waals surface area contributed by atoms with E-state index in [1.165, 1.54) is 6.42 Å². The van der Waals surface area contributed by atoms with Crippen LogP contribution in [-0.2, 0) is 9.59 Å². The van der Waals surface area contributed by atoms with Crippen LogP contribution in [0.25, 0.3) is 0 Å². The van der Waals surface area contributed by atoms with E-state index in [1.54, 1.807) is 0 Å². The minimum atomic E-state index is -0.779. The van der Waals surface area contributed by atoms with E-state index in [-0.39, 0.29) is 12.3 Å². The van der Waals surface area contributed by atoms with Crippen molar-refractivity contribution >= 4 is 11.9 Å². The van der Waals surface area contributed by atoms with Crippen molar-refractivity contribution in [2.45, 2.75) is 45.4 Å². The molecule has 92 valence electrons. The molecule has 0 aliphatic carbocycles. The summed E-state index contributed by atoms with van der Waals surface area (Å²) in [6.45, 7) is 3.92. The lowest BCUT2D eigenvalue weighted by Crippen LogP contribution is -2.38. The highest BCUT2D eigenvalue weighted by atomic mass is 16.4. The Hall–Kier alpha value is -1.06. The number of piperidine rings is 1. The van der Waals surface area contributed by atoms with E-state index in [1.807, 2.05) is 4.90 Å². The first-order chi connectivity index (χ1) is 7.59. The number of unbranched alkanes of at least 4 members (excludes halogenated alkanes) is 1. The molecule has 1 rings (SSSR count). The van der Waals surface area contributed by atoms with Crippen LogP contribution in [0.5, 0.6) is 0 Å². The minimum Gasteiger partial charge on any atom is -0.481 e. The quantitative estimate of drug-likeness (QED) is 0.730. The Bertz CT molecular complexity index is 253. The number of carbonyl (C=O) groups excluding carboxylic acids is 1. The Morgan fingerprint density at radius 1 is 1.31 bits per heavy atom. The Balaban J connectivity index is 2.16. The number of likely N-dealkylation sites (tertiary alicyclic amines) is 1. The second kappa shape index (κ2) is 6.51. The molecule has 1 fully saturated rings. The molecule has 4 nitrogen and oxygen atoms in total. The predicted octanol–water partition coefficient (Wildman–Crippen LogP) is 1.89. The van der Waals surface area contributed by atoms with Gasteiger partial charge in [0, 0.05) is 25.9 Å². The molecule has 16 heavy (non-hydrogen) atoms. The van der Waals surface area contributed by atoms with Crippen LogP contribution in [-0.4, -0.2) is 35.0 Å². The lowest BCUT2D eigenvalue weighted by molar-refractivity contribution is -0.137. The van der Waals surface area contributed by atoms with E-state index in [0.717, 1.165) is 19.5 Å².